The van der Waals surface area contributed by atoms with Crippen molar-refractivity contribution < 1.29 is 18.7 Å². The van der Waals surface area contributed by atoms with Crippen molar-refractivity contribution in [3.63, 3.8) is 0 Å². The van der Waals surface area contributed by atoms with E-state index in [0.29, 0.717) is 52.5 Å². The smallest absolute Gasteiger partial charge is 0.248 e. The third-order valence-corrected chi connectivity index (χ3v) is 6.38. The van der Waals surface area contributed by atoms with Gasteiger partial charge in [-0.3, -0.25) is 9.69 Å². The first-order valence-corrected chi connectivity index (χ1v) is 11.3. The van der Waals surface area contributed by atoms with E-state index in [1.807, 2.05) is 6.08 Å². The summed E-state index contributed by atoms with van der Waals surface area (Å²) in [6, 6.07) is 8.24. The zero-order valence-electron chi connectivity index (χ0n) is 18.4. The highest BCUT2D eigenvalue weighted by molar-refractivity contribution is 6.31. The first kappa shape index (κ1) is 22.5. The lowest BCUT2D eigenvalue weighted by molar-refractivity contribution is -0.112. The molecular formula is C24H23ClFN5O3. The fraction of sp³-hybridized carbons (Fsp3) is 0.292. The monoisotopic (exact) mass is 483 g/mol. The van der Waals surface area contributed by atoms with Crippen molar-refractivity contribution in [2.24, 2.45) is 0 Å². The zero-order chi connectivity index (χ0) is 23.7. The van der Waals surface area contributed by atoms with Crippen LogP contribution in [0.15, 0.2) is 48.8 Å². The van der Waals surface area contributed by atoms with Gasteiger partial charge in [0.2, 0.25) is 5.91 Å². The fourth-order valence-electron chi connectivity index (χ4n) is 4.25. The van der Waals surface area contributed by atoms with E-state index in [9.17, 15) is 9.18 Å². The summed E-state index contributed by atoms with van der Waals surface area (Å²) in [7, 11) is 1.53. The maximum atomic E-state index is 13.5. The number of rotatable bonds is 7. The Balaban J connectivity index is 1.34. The van der Waals surface area contributed by atoms with Crippen molar-refractivity contribution in [3.05, 3.63) is 59.7 Å². The van der Waals surface area contributed by atoms with Crippen molar-refractivity contribution in [3.8, 4) is 5.75 Å². The molecule has 0 aliphatic carbocycles. The number of nitrogens with zero attached hydrogens (tertiary/aromatic N) is 3. The molecule has 1 aromatic heterocycles. The molecule has 2 aliphatic heterocycles. The number of benzene rings is 2. The van der Waals surface area contributed by atoms with Crippen molar-refractivity contribution in [2.45, 2.75) is 18.6 Å². The molecule has 5 rings (SSSR count). The first-order valence-electron chi connectivity index (χ1n) is 10.9. The van der Waals surface area contributed by atoms with E-state index in [4.69, 9.17) is 21.1 Å². The van der Waals surface area contributed by atoms with Gasteiger partial charge in [-0.25, -0.2) is 14.4 Å². The van der Waals surface area contributed by atoms with Crippen LogP contribution in [0.1, 0.15) is 6.42 Å². The van der Waals surface area contributed by atoms with Crippen LogP contribution in [0, 0.1) is 5.82 Å². The van der Waals surface area contributed by atoms with Crippen LogP contribution < -0.4 is 15.4 Å². The molecule has 2 aromatic carbocycles. The topological polar surface area (TPSA) is 88.6 Å². The van der Waals surface area contributed by atoms with Gasteiger partial charge in [-0.15, -0.1) is 0 Å². The average molecular weight is 484 g/mol. The number of hydrogen-bond acceptors (Lipinski definition) is 7. The highest BCUT2D eigenvalue weighted by Gasteiger charge is 2.41. The van der Waals surface area contributed by atoms with Gasteiger partial charge in [-0.1, -0.05) is 17.7 Å². The molecule has 0 saturated carbocycles. The Bertz CT molecular complexity index is 1270. The second-order valence-electron chi connectivity index (χ2n) is 8.16. The van der Waals surface area contributed by atoms with Gasteiger partial charge in [-0.2, -0.15) is 0 Å². The Morgan fingerprint density at radius 2 is 2.24 bits per heavy atom. The summed E-state index contributed by atoms with van der Waals surface area (Å²) in [5, 5.41) is 6.65. The van der Waals surface area contributed by atoms with Crippen LogP contribution in [-0.4, -0.2) is 59.7 Å². The van der Waals surface area contributed by atoms with Crippen LogP contribution in [0.5, 0.6) is 5.75 Å². The zero-order valence-corrected chi connectivity index (χ0v) is 19.2. The van der Waals surface area contributed by atoms with E-state index >= 15 is 0 Å². The minimum Gasteiger partial charge on any atom is -0.494 e. The molecular weight excluding hydrogens is 461 g/mol. The summed E-state index contributed by atoms with van der Waals surface area (Å²) in [6.45, 7) is 2.45. The molecule has 2 unspecified atom stereocenters. The van der Waals surface area contributed by atoms with Crippen LogP contribution in [-0.2, 0) is 9.53 Å². The molecule has 176 valence electrons. The highest BCUT2D eigenvalue weighted by atomic mass is 35.5. The van der Waals surface area contributed by atoms with Crippen LogP contribution in [0.25, 0.3) is 10.9 Å². The molecule has 2 fully saturated rings. The Hall–Kier alpha value is -3.27. The largest absolute Gasteiger partial charge is 0.494 e. The normalized spacial score (nSPS) is 19.7. The number of halogens is 2. The van der Waals surface area contributed by atoms with E-state index < -0.39 is 5.82 Å². The molecule has 3 heterocycles. The number of likely N-dealkylation sites (tertiary alicyclic amines) is 1. The van der Waals surface area contributed by atoms with E-state index in [1.165, 1.54) is 31.6 Å². The lowest BCUT2D eigenvalue weighted by Gasteiger charge is -2.35. The minimum atomic E-state index is -0.506. The van der Waals surface area contributed by atoms with Crippen molar-refractivity contribution in [2.75, 3.05) is 37.4 Å². The quantitative estimate of drug-likeness (QED) is 0.488. The second-order valence-corrected chi connectivity index (χ2v) is 8.57. The number of ether oxygens (including phenoxy) is 2. The number of methoxy groups -OCH3 is 1. The summed E-state index contributed by atoms with van der Waals surface area (Å²) < 4.78 is 24.5. The summed E-state index contributed by atoms with van der Waals surface area (Å²) in [6.07, 6.45) is 6.18. The SMILES string of the molecule is COc1cc2ncnc(Nc3ccc(F)c(Cl)c3)c2cc1NC(=O)C=CCN1CCC2OCC21. The molecule has 2 saturated heterocycles. The van der Waals surface area contributed by atoms with Crippen molar-refractivity contribution >= 4 is 45.6 Å². The van der Waals surface area contributed by atoms with Gasteiger partial charge in [0.05, 0.1) is 42.1 Å². The summed E-state index contributed by atoms with van der Waals surface area (Å²) in [4.78, 5) is 23.5. The van der Waals surface area contributed by atoms with E-state index in [0.717, 1.165) is 19.6 Å². The lowest BCUT2D eigenvalue weighted by atomic mass is 10.1. The van der Waals surface area contributed by atoms with Crippen molar-refractivity contribution in [1.29, 1.82) is 0 Å². The Kier molecular flexibility index (Phi) is 6.32. The number of aromatic nitrogens is 2. The number of carbonyl (C=O) groups is 1. The molecule has 0 radical (unpaired) electrons. The van der Waals surface area contributed by atoms with Gasteiger partial charge in [0.15, 0.2) is 0 Å². The van der Waals surface area contributed by atoms with Crippen LogP contribution in [0.3, 0.4) is 0 Å². The lowest BCUT2D eigenvalue weighted by Crippen LogP contribution is -2.49. The third kappa shape index (κ3) is 4.54. The Morgan fingerprint density at radius 3 is 2.97 bits per heavy atom. The molecule has 0 spiro atoms. The maximum absolute atomic E-state index is 13.5. The summed E-state index contributed by atoms with van der Waals surface area (Å²) in [5.41, 5.74) is 1.66. The Morgan fingerprint density at radius 1 is 1.35 bits per heavy atom. The number of carbonyl (C=O) groups excluding carboxylic acids is 1. The minimum absolute atomic E-state index is 0.000874. The van der Waals surface area contributed by atoms with E-state index in [2.05, 4.69) is 25.5 Å². The molecule has 8 nitrogen and oxygen atoms in total. The number of fused-ring (bicyclic) bond motifs is 2. The first-order chi connectivity index (χ1) is 16.5. The van der Waals surface area contributed by atoms with Crippen LogP contribution in [0.4, 0.5) is 21.6 Å². The summed E-state index contributed by atoms with van der Waals surface area (Å²) >= 11 is 5.89. The predicted octanol–water partition coefficient (Wildman–Crippen LogP) is 4.14. The second kappa shape index (κ2) is 9.54. The molecule has 10 heteroatoms. The van der Waals surface area contributed by atoms with Crippen LogP contribution in [0.2, 0.25) is 5.02 Å². The molecule has 0 bridgehead atoms. The molecule has 2 atom stereocenters. The molecule has 34 heavy (non-hydrogen) atoms. The average Bonchev–Trinajstić information content (AvgIpc) is 3.08. The van der Waals surface area contributed by atoms with E-state index in [-0.39, 0.29) is 10.9 Å². The molecule has 3 aromatic rings. The van der Waals surface area contributed by atoms with Crippen molar-refractivity contribution in [1.82, 2.24) is 14.9 Å². The van der Waals surface area contributed by atoms with Gasteiger partial charge in [0, 0.05) is 36.3 Å². The summed E-state index contributed by atoms with van der Waals surface area (Å²) in [5.74, 6) is 0.174. The van der Waals surface area contributed by atoms with Gasteiger partial charge in [0.25, 0.3) is 0 Å². The third-order valence-electron chi connectivity index (χ3n) is 6.09. The molecule has 1 amide bonds. The van der Waals surface area contributed by atoms with E-state index in [1.54, 1.807) is 18.2 Å². The van der Waals surface area contributed by atoms with Gasteiger partial charge in [0.1, 0.15) is 23.7 Å². The van der Waals surface area contributed by atoms with Gasteiger partial charge in [-0.05, 0) is 30.7 Å². The number of amides is 1. The standard InChI is InChI=1S/C24H23ClFN5O3/c1-33-22-11-18-15(24(28-13-27-18)29-14-4-5-17(26)16(25)9-14)10-19(22)30-23(32)3-2-7-31-8-6-21-20(31)12-34-21/h2-5,9-11,13,20-21H,6-8,12H2,1H3,(H,30,32)(H,27,28,29). The highest BCUT2D eigenvalue weighted by Crippen LogP contribution is 2.34. The molecule has 2 aliphatic rings. The predicted molar refractivity (Wildman–Crippen MR) is 128 cm³/mol. The Labute approximate surface area is 200 Å². The number of hydrogen-bond donors (Lipinski definition) is 2. The van der Waals surface area contributed by atoms with Crippen LogP contribution >= 0.6 is 11.6 Å². The molecule has 2 N–H and O–H groups in total. The number of anilines is 3. The van der Waals surface area contributed by atoms with Gasteiger partial charge < -0.3 is 20.1 Å². The number of nitrogens with one attached hydrogen (secondary N) is 2. The van der Waals surface area contributed by atoms with Gasteiger partial charge >= 0.3 is 0 Å². The fourth-order valence-corrected chi connectivity index (χ4v) is 4.43. The maximum Gasteiger partial charge on any atom is 0.248 e.